The van der Waals surface area contributed by atoms with Gasteiger partial charge in [0.15, 0.2) is 0 Å². The quantitative estimate of drug-likeness (QED) is 0.0521. The Morgan fingerprint density at radius 1 is 0.513 bits per heavy atom. The summed E-state index contributed by atoms with van der Waals surface area (Å²) in [5.41, 5.74) is 2.18. The lowest BCUT2D eigenvalue weighted by atomic mass is 9.98. The standard InChI is InChI=1S/C67H118N3O5P/c1-7-9-11-13-15-17-19-21-22-23-24-25-26-27-28-29-30-31-33-35-37-39-47-54-66(71)69-64(59-75-76(74-56-48-55-68)70(60(3)4)61(5)6)67(73-58-63-51-44-41-45-52-63)65(72-57-62-49-42-40-43-50-62)53-46-38-36-34-32-20-18-16-14-12-10-8-2/h40-45,49-52,60-61,64-65,67H,7-39,46-48,53-54,56-59H2,1-6H3,(H,69,71)/t64-,65+,67-,76?/m0/s1. The van der Waals surface area contributed by atoms with E-state index in [0.717, 1.165) is 43.2 Å². The van der Waals surface area contributed by atoms with Gasteiger partial charge in [0.25, 0.3) is 8.53 Å². The van der Waals surface area contributed by atoms with Gasteiger partial charge >= 0.3 is 0 Å². The van der Waals surface area contributed by atoms with E-state index in [9.17, 15) is 10.1 Å². The van der Waals surface area contributed by atoms with Crippen LogP contribution in [0.3, 0.4) is 0 Å². The lowest BCUT2D eigenvalue weighted by molar-refractivity contribution is -0.130. The summed E-state index contributed by atoms with van der Waals surface area (Å²) in [6.07, 6.45) is 47.2. The molecule has 0 spiro atoms. The lowest BCUT2D eigenvalue weighted by Gasteiger charge is -2.38. The molecule has 2 aromatic carbocycles. The van der Waals surface area contributed by atoms with E-state index in [0.29, 0.717) is 19.6 Å². The molecule has 436 valence electrons. The number of hydrogen-bond acceptors (Lipinski definition) is 7. The van der Waals surface area contributed by atoms with Gasteiger partial charge < -0.3 is 23.8 Å². The van der Waals surface area contributed by atoms with Gasteiger partial charge in [-0.2, -0.15) is 5.26 Å². The van der Waals surface area contributed by atoms with Crippen LogP contribution in [-0.2, 0) is 36.5 Å². The molecular formula is C67H118N3O5P. The van der Waals surface area contributed by atoms with Crippen molar-refractivity contribution >= 4 is 14.4 Å². The summed E-state index contributed by atoms with van der Waals surface area (Å²) in [7, 11) is -1.54. The van der Waals surface area contributed by atoms with Crippen LogP contribution in [0.15, 0.2) is 60.7 Å². The van der Waals surface area contributed by atoms with Crippen LogP contribution in [0, 0.1) is 11.3 Å². The summed E-state index contributed by atoms with van der Waals surface area (Å²) >= 11 is 0. The molecule has 0 fully saturated rings. The van der Waals surface area contributed by atoms with Crippen LogP contribution in [0.2, 0.25) is 0 Å². The molecule has 0 bridgehead atoms. The summed E-state index contributed by atoms with van der Waals surface area (Å²) in [4.78, 5) is 14.2. The van der Waals surface area contributed by atoms with Gasteiger partial charge in [0, 0.05) is 18.5 Å². The molecule has 0 radical (unpaired) electrons. The molecule has 8 nitrogen and oxygen atoms in total. The summed E-state index contributed by atoms with van der Waals surface area (Å²) in [6.45, 7) is 14.5. The Bertz CT molecular complexity index is 1590. The summed E-state index contributed by atoms with van der Waals surface area (Å²) < 4.78 is 29.5. The molecule has 1 N–H and O–H groups in total. The average Bonchev–Trinajstić information content (AvgIpc) is 3.42. The Labute approximate surface area is 471 Å². The first-order valence-corrected chi connectivity index (χ1v) is 33.2. The molecule has 1 amide bonds. The number of nitrogens with one attached hydrogen (secondary N) is 1. The topological polar surface area (TPSA) is 93.0 Å². The number of carbonyl (C=O) groups is 1. The zero-order valence-electron chi connectivity index (χ0n) is 50.2. The normalized spacial score (nSPS) is 13.4. The first kappa shape index (κ1) is 69.7. The number of nitriles is 1. The number of amides is 1. The van der Waals surface area contributed by atoms with Gasteiger partial charge in [-0.3, -0.25) is 4.79 Å². The highest BCUT2D eigenvalue weighted by Crippen LogP contribution is 2.46. The Kier molecular flexibility index (Phi) is 46.6. The summed E-state index contributed by atoms with van der Waals surface area (Å²) in [5, 5.41) is 12.9. The molecule has 4 atom stereocenters. The number of unbranched alkanes of at least 4 members (excludes halogenated alkanes) is 33. The maximum Gasteiger partial charge on any atom is 0.259 e. The van der Waals surface area contributed by atoms with Crippen molar-refractivity contribution in [3.63, 3.8) is 0 Å². The van der Waals surface area contributed by atoms with Gasteiger partial charge in [-0.15, -0.1) is 0 Å². The van der Waals surface area contributed by atoms with E-state index < -0.39 is 20.7 Å². The Morgan fingerprint density at radius 2 is 0.882 bits per heavy atom. The van der Waals surface area contributed by atoms with Crippen LogP contribution in [0.4, 0.5) is 0 Å². The van der Waals surface area contributed by atoms with Gasteiger partial charge in [-0.1, -0.05) is 293 Å². The monoisotopic (exact) mass is 1080 g/mol. The average molecular weight is 1080 g/mol. The van der Waals surface area contributed by atoms with Crippen molar-refractivity contribution in [3.8, 4) is 6.07 Å². The molecule has 0 saturated carbocycles. The van der Waals surface area contributed by atoms with E-state index in [2.05, 4.69) is 94.0 Å². The van der Waals surface area contributed by atoms with Crippen LogP contribution in [-0.4, -0.2) is 54.1 Å². The van der Waals surface area contributed by atoms with Crippen LogP contribution in [0.1, 0.15) is 297 Å². The molecule has 0 heterocycles. The molecule has 0 aromatic heterocycles. The van der Waals surface area contributed by atoms with Crippen LogP contribution in [0.5, 0.6) is 0 Å². The number of nitrogens with zero attached hydrogens (tertiary/aromatic N) is 2. The van der Waals surface area contributed by atoms with Crippen molar-refractivity contribution in [2.45, 2.75) is 329 Å². The zero-order valence-corrected chi connectivity index (χ0v) is 51.1. The van der Waals surface area contributed by atoms with Crippen molar-refractivity contribution in [1.82, 2.24) is 9.99 Å². The third kappa shape index (κ3) is 38.3. The van der Waals surface area contributed by atoms with Gasteiger partial charge in [0.1, 0.15) is 6.10 Å². The van der Waals surface area contributed by atoms with Crippen molar-refractivity contribution in [1.29, 1.82) is 5.26 Å². The fourth-order valence-corrected chi connectivity index (χ4v) is 12.2. The third-order valence-electron chi connectivity index (χ3n) is 15.1. The summed E-state index contributed by atoms with van der Waals surface area (Å²) in [6, 6.07) is 22.8. The fraction of sp³-hybridized carbons (Fsp3) is 0.791. The smallest absolute Gasteiger partial charge is 0.259 e. The first-order chi connectivity index (χ1) is 37.3. The van der Waals surface area contributed by atoms with Crippen molar-refractivity contribution in [2.75, 3.05) is 13.2 Å². The Hall–Kier alpha value is -2.37. The van der Waals surface area contributed by atoms with E-state index >= 15 is 0 Å². The van der Waals surface area contributed by atoms with Crippen molar-refractivity contribution in [3.05, 3.63) is 71.8 Å². The third-order valence-corrected chi connectivity index (χ3v) is 17.2. The number of benzene rings is 2. The van der Waals surface area contributed by atoms with Gasteiger partial charge in [0.05, 0.1) is 51.1 Å². The molecular weight excluding hydrogens is 958 g/mol. The highest BCUT2D eigenvalue weighted by molar-refractivity contribution is 7.44. The van der Waals surface area contributed by atoms with E-state index in [1.54, 1.807) is 0 Å². The molecule has 1 unspecified atom stereocenters. The molecule has 9 heteroatoms. The highest BCUT2D eigenvalue weighted by atomic mass is 31.2. The number of rotatable bonds is 55. The second-order valence-electron chi connectivity index (χ2n) is 22.8. The largest absolute Gasteiger partial charge is 0.371 e. The lowest BCUT2D eigenvalue weighted by Crippen LogP contribution is -2.53. The van der Waals surface area contributed by atoms with Crippen molar-refractivity contribution < 1.29 is 23.3 Å². The molecule has 2 rings (SSSR count). The Morgan fingerprint density at radius 3 is 1.26 bits per heavy atom. The summed E-state index contributed by atoms with van der Waals surface area (Å²) in [5.74, 6) is 0.0249. The molecule has 2 aromatic rings. The molecule has 76 heavy (non-hydrogen) atoms. The second-order valence-corrected chi connectivity index (χ2v) is 24.3. The zero-order chi connectivity index (χ0) is 54.8. The minimum atomic E-state index is -1.54. The van der Waals surface area contributed by atoms with Crippen molar-refractivity contribution in [2.24, 2.45) is 0 Å². The SMILES string of the molecule is CCCCCCCCCCCCCCCCCCCCCCCCCC(=O)N[C@@H](COP(OCCC#N)N(C(C)C)C(C)C)[C@H](OCc1ccccc1)[C@@H](CCCCCCCCCCCCCC)OCc1ccccc1. The second kappa shape index (κ2) is 50.8. The minimum absolute atomic E-state index is 0.0249. The maximum absolute atomic E-state index is 14.2. The van der Waals surface area contributed by atoms with Crippen LogP contribution < -0.4 is 5.32 Å². The first-order valence-electron chi connectivity index (χ1n) is 32.1. The minimum Gasteiger partial charge on any atom is -0.371 e. The van der Waals surface area contributed by atoms with Gasteiger partial charge in [-0.25, -0.2) is 4.67 Å². The van der Waals surface area contributed by atoms with E-state index in [1.807, 2.05) is 24.3 Å². The number of hydrogen-bond donors (Lipinski definition) is 1. The molecule has 0 aliphatic heterocycles. The van der Waals surface area contributed by atoms with Gasteiger partial charge in [-0.05, 0) is 51.7 Å². The molecule has 0 aliphatic carbocycles. The van der Waals surface area contributed by atoms with Gasteiger partial charge in [0.2, 0.25) is 5.91 Å². The van der Waals surface area contributed by atoms with Crippen LogP contribution in [0.25, 0.3) is 0 Å². The number of ether oxygens (including phenoxy) is 2. The highest BCUT2D eigenvalue weighted by Gasteiger charge is 2.35. The maximum atomic E-state index is 14.2. The fourth-order valence-electron chi connectivity index (χ4n) is 10.6. The number of carbonyl (C=O) groups excluding carboxylic acids is 1. The Balaban J connectivity index is 2.05. The van der Waals surface area contributed by atoms with E-state index in [1.165, 1.54) is 199 Å². The van der Waals surface area contributed by atoms with E-state index in [4.69, 9.17) is 18.5 Å². The predicted molar refractivity (Wildman–Crippen MR) is 325 cm³/mol. The van der Waals surface area contributed by atoms with E-state index in [-0.39, 0.29) is 43.7 Å². The molecule has 0 saturated heterocycles. The predicted octanol–water partition coefficient (Wildman–Crippen LogP) is 20.4. The molecule has 0 aliphatic rings. The van der Waals surface area contributed by atoms with Crippen LogP contribution >= 0.6 is 8.53 Å².